The van der Waals surface area contributed by atoms with Gasteiger partial charge in [-0.1, -0.05) is 19.9 Å². The van der Waals surface area contributed by atoms with Gasteiger partial charge in [-0.2, -0.15) is 0 Å². The van der Waals surface area contributed by atoms with E-state index in [1.165, 1.54) is 6.07 Å². The molecule has 2 atom stereocenters. The van der Waals surface area contributed by atoms with E-state index in [9.17, 15) is 17.2 Å². The molecule has 20 heavy (non-hydrogen) atoms. The monoisotopic (exact) mass is 303 g/mol. The molecule has 1 aliphatic heterocycles. The molecule has 2 rings (SSSR count). The Hall–Kier alpha value is -1.01. The molecule has 0 bridgehead atoms. The summed E-state index contributed by atoms with van der Waals surface area (Å²) in [5.74, 6) is -1.32. The highest BCUT2D eigenvalue weighted by Gasteiger charge is 2.30. The molecular formula is C14H19F2NO2S. The first-order valence-electron chi connectivity index (χ1n) is 6.70. The fourth-order valence-corrected chi connectivity index (χ4v) is 4.25. The van der Waals surface area contributed by atoms with Crippen LogP contribution in [0.25, 0.3) is 0 Å². The number of sulfone groups is 1. The van der Waals surface area contributed by atoms with Gasteiger partial charge in [0, 0.05) is 12.1 Å². The number of rotatable bonds is 4. The maximum Gasteiger partial charge on any atom is 0.159 e. The molecule has 0 amide bonds. The highest BCUT2D eigenvalue weighted by atomic mass is 32.2. The summed E-state index contributed by atoms with van der Waals surface area (Å²) in [4.78, 5) is 0. The van der Waals surface area contributed by atoms with Crippen LogP contribution in [-0.4, -0.2) is 26.0 Å². The fraction of sp³-hybridized carbons (Fsp3) is 0.571. The first-order chi connectivity index (χ1) is 9.28. The standard InChI is InChI=1S/C14H19F2NO2S/c1-9(2)14(10-3-4-12(15)13(16)7-10)17-11-5-6-20(18,19)8-11/h3-4,7,9,11,14,17H,5-6,8H2,1-2H3/t11-,14+/m1/s1. The molecule has 0 aliphatic carbocycles. The van der Waals surface area contributed by atoms with Gasteiger partial charge in [-0.15, -0.1) is 0 Å². The summed E-state index contributed by atoms with van der Waals surface area (Å²) in [7, 11) is -2.96. The lowest BCUT2D eigenvalue weighted by atomic mass is 9.95. The third kappa shape index (κ3) is 3.55. The van der Waals surface area contributed by atoms with Crippen molar-refractivity contribution in [2.75, 3.05) is 11.5 Å². The second kappa shape index (κ2) is 5.77. The molecule has 6 heteroatoms. The Morgan fingerprint density at radius 2 is 1.95 bits per heavy atom. The lowest BCUT2D eigenvalue weighted by Crippen LogP contribution is -2.36. The van der Waals surface area contributed by atoms with Gasteiger partial charge in [0.15, 0.2) is 21.5 Å². The summed E-state index contributed by atoms with van der Waals surface area (Å²) < 4.78 is 49.3. The van der Waals surface area contributed by atoms with E-state index in [1.54, 1.807) is 6.07 Å². The Balaban J connectivity index is 2.17. The average molecular weight is 303 g/mol. The number of hydrogen-bond acceptors (Lipinski definition) is 3. The van der Waals surface area contributed by atoms with E-state index >= 15 is 0 Å². The van der Waals surface area contributed by atoms with Crippen molar-refractivity contribution in [3.63, 3.8) is 0 Å². The zero-order valence-corrected chi connectivity index (χ0v) is 12.4. The summed E-state index contributed by atoms with van der Waals surface area (Å²) in [5, 5.41) is 3.27. The molecule has 0 unspecified atom stereocenters. The number of hydrogen-bond donors (Lipinski definition) is 1. The minimum Gasteiger partial charge on any atom is -0.306 e. The fourth-order valence-electron chi connectivity index (χ4n) is 2.56. The van der Waals surface area contributed by atoms with Gasteiger partial charge in [-0.3, -0.25) is 0 Å². The van der Waals surface area contributed by atoms with Crippen LogP contribution in [-0.2, 0) is 9.84 Å². The molecule has 1 saturated heterocycles. The molecule has 1 aromatic carbocycles. The second-order valence-corrected chi connectivity index (χ2v) is 7.89. The Morgan fingerprint density at radius 3 is 2.45 bits per heavy atom. The van der Waals surface area contributed by atoms with Gasteiger partial charge < -0.3 is 5.32 Å². The minimum absolute atomic E-state index is 0.111. The van der Waals surface area contributed by atoms with Crippen molar-refractivity contribution >= 4 is 9.84 Å². The Morgan fingerprint density at radius 1 is 1.25 bits per heavy atom. The third-order valence-electron chi connectivity index (χ3n) is 3.62. The SMILES string of the molecule is CC(C)[C@H](N[C@@H]1CCS(=O)(=O)C1)c1ccc(F)c(F)c1. The van der Waals surface area contributed by atoms with E-state index in [2.05, 4.69) is 5.32 Å². The van der Waals surface area contributed by atoms with Crippen molar-refractivity contribution in [1.82, 2.24) is 5.32 Å². The molecule has 1 heterocycles. The summed E-state index contributed by atoms with van der Waals surface area (Å²) in [6.07, 6.45) is 0.565. The zero-order chi connectivity index (χ0) is 14.9. The van der Waals surface area contributed by atoms with Gasteiger partial charge in [0.05, 0.1) is 11.5 Å². The molecule has 1 fully saturated rings. The van der Waals surface area contributed by atoms with E-state index in [0.29, 0.717) is 12.0 Å². The molecule has 1 N–H and O–H groups in total. The van der Waals surface area contributed by atoms with E-state index < -0.39 is 21.5 Å². The van der Waals surface area contributed by atoms with Crippen LogP contribution in [0.4, 0.5) is 8.78 Å². The number of nitrogens with one attached hydrogen (secondary N) is 1. The first-order valence-corrected chi connectivity index (χ1v) is 8.52. The van der Waals surface area contributed by atoms with Crippen molar-refractivity contribution in [3.8, 4) is 0 Å². The molecule has 1 aromatic rings. The van der Waals surface area contributed by atoms with Crippen LogP contribution in [0.1, 0.15) is 31.9 Å². The largest absolute Gasteiger partial charge is 0.306 e. The lowest BCUT2D eigenvalue weighted by Gasteiger charge is -2.26. The van der Waals surface area contributed by atoms with Gasteiger partial charge in [-0.05, 0) is 30.0 Å². The van der Waals surface area contributed by atoms with Crippen LogP contribution < -0.4 is 5.32 Å². The van der Waals surface area contributed by atoms with Crippen LogP contribution in [0.3, 0.4) is 0 Å². The van der Waals surface area contributed by atoms with Crippen molar-refractivity contribution in [2.24, 2.45) is 5.92 Å². The Kier molecular flexibility index (Phi) is 4.44. The zero-order valence-electron chi connectivity index (χ0n) is 11.6. The van der Waals surface area contributed by atoms with Gasteiger partial charge in [0.1, 0.15) is 0 Å². The molecule has 0 aromatic heterocycles. The van der Waals surface area contributed by atoms with E-state index in [0.717, 1.165) is 6.07 Å². The second-order valence-electron chi connectivity index (χ2n) is 5.66. The van der Waals surface area contributed by atoms with E-state index in [4.69, 9.17) is 0 Å². The highest BCUT2D eigenvalue weighted by Crippen LogP contribution is 2.26. The maximum atomic E-state index is 13.3. The number of halogens is 2. The normalized spacial score (nSPS) is 23.1. The van der Waals surface area contributed by atoms with E-state index in [1.807, 2.05) is 13.8 Å². The van der Waals surface area contributed by atoms with Gasteiger partial charge in [0.2, 0.25) is 0 Å². The van der Waals surface area contributed by atoms with Crippen LogP contribution in [0, 0.1) is 17.6 Å². The predicted octanol–water partition coefficient (Wildman–Crippen LogP) is 2.44. The van der Waals surface area contributed by atoms with Crippen molar-refractivity contribution in [2.45, 2.75) is 32.4 Å². The molecule has 0 spiro atoms. The first kappa shape index (κ1) is 15.4. The summed E-state index contributed by atoms with van der Waals surface area (Å²) in [6, 6.07) is 3.51. The summed E-state index contributed by atoms with van der Waals surface area (Å²) >= 11 is 0. The van der Waals surface area contributed by atoms with Crippen molar-refractivity contribution in [1.29, 1.82) is 0 Å². The predicted molar refractivity (Wildman–Crippen MR) is 74.1 cm³/mol. The van der Waals surface area contributed by atoms with Crippen LogP contribution >= 0.6 is 0 Å². The number of benzene rings is 1. The molecule has 0 radical (unpaired) electrons. The molecule has 1 aliphatic rings. The quantitative estimate of drug-likeness (QED) is 0.929. The van der Waals surface area contributed by atoms with Gasteiger partial charge in [0.25, 0.3) is 0 Å². The van der Waals surface area contributed by atoms with Crippen LogP contribution in [0.15, 0.2) is 18.2 Å². The third-order valence-corrected chi connectivity index (χ3v) is 5.39. The maximum absolute atomic E-state index is 13.3. The van der Waals surface area contributed by atoms with Crippen LogP contribution in [0.2, 0.25) is 0 Å². The smallest absolute Gasteiger partial charge is 0.159 e. The Bertz CT molecular complexity index is 587. The van der Waals surface area contributed by atoms with Crippen molar-refractivity contribution in [3.05, 3.63) is 35.4 Å². The molecule has 0 saturated carbocycles. The Labute approximate surface area is 118 Å². The molecule has 3 nitrogen and oxygen atoms in total. The van der Waals surface area contributed by atoms with E-state index in [-0.39, 0.29) is 29.5 Å². The summed E-state index contributed by atoms with van der Waals surface area (Å²) in [5.41, 5.74) is 0.642. The lowest BCUT2D eigenvalue weighted by molar-refractivity contribution is 0.370. The van der Waals surface area contributed by atoms with Crippen LogP contribution in [0.5, 0.6) is 0 Å². The molecular weight excluding hydrogens is 284 g/mol. The van der Waals surface area contributed by atoms with Gasteiger partial charge in [-0.25, -0.2) is 17.2 Å². The minimum atomic E-state index is -2.96. The average Bonchev–Trinajstić information content (AvgIpc) is 2.69. The topological polar surface area (TPSA) is 46.2 Å². The summed E-state index contributed by atoms with van der Waals surface area (Å²) in [6.45, 7) is 3.92. The van der Waals surface area contributed by atoms with Crippen molar-refractivity contribution < 1.29 is 17.2 Å². The van der Waals surface area contributed by atoms with Gasteiger partial charge >= 0.3 is 0 Å². The highest BCUT2D eigenvalue weighted by molar-refractivity contribution is 7.91. The molecule has 112 valence electrons.